The minimum Gasteiger partial charge on any atom is -0.447 e. The lowest BCUT2D eigenvalue weighted by atomic mass is 10.1. The van der Waals surface area contributed by atoms with Crippen molar-refractivity contribution in [2.75, 3.05) is 32.8 Å². The molecular formula is C12H20NO3+. The zero-order chi connectivity index (χ0) is 12.0. The first-order valence-electron chi connectivity index (χ1n) is 5.60. The van der Waals surface area contributed by atoms with Crippen LogP contribution in [0.3, 0.4) is 0 Å². The molecule has 1 rings (SSSR count). The van der Waals surface area contributed by atoms with Crippen LogP contribution in [0.1, 0.15) is 20.8 Å². The highest BCUT2D eigenvalue weighted by molar-refractivity contribution is 5.66. The molecule has 4 heteroatoms. The third-order valence-electron chi connectivity index (χ3n) is 2.33. The summed E-state index contributed by atoms with van der Waals surface area (Å²) in [6.07, 6.45) is 0. The molecule has 0 atom stereocenters. The van der Waals surface area contributed by atoms with Gasteiger partial charge in [0.1, 0.15) is 19.6 Å². The van der Waals surface area contributed by atoms with E-state index in [1.165, 1.54) is 11.8 Å². The second kappa shape index (κ2) is 5.88. The van der Waals surface area contributed by atoms with Gasteiger partial charge in [-0.25, -0.2) is 0 Å². The highest BCUT2D eigenvalue weighted by Gasteiger charge is 2.18. The molecule has 4 nitrogen and oxygen atoms in total. The van der Waals surface area contributed by atoms with Crippen LogP contribution in [-0.2, 0) is 14.3 Å². The second-order valence-electron chi connectivity index (χ2n) is 4.44. The predicted octanol–water partition coefficient (Wildman–Crippen LogP) is -0.753. The normalized spacial score (nSPS) is 17.4. The Morgan fingerprint density at radius 1 is 1.44 bits per heavy atom. The summed E-state index contributed by atoms with van der Waals surface area (Å²) in [7, 11) is 0. The molecule has 0 aromatic heterocycles. The molecule has 0 saturated carbocycles. The molecule has 0 aromatic rings. The number of ether oxygens (including phenoxy) is 2. The van der Waals surface area contributed by atoms with E-state index in [0.717, 1.165) is 32.8 Å². The van der Waals surface area contributed by atoms with Gasteiger partial charge >= 0.3 is 5.97 Å². The molecular weight excluding hydrogens is 206 g/mol. The van der Waals surface area contributed by atoms with Crippen molar-refractivity contribution in [3.05, 3.63) is 0 Å². The fraction of sp³-hybridized carbons (Fsp3) is 0.750. The third-order valence-corrected chi connectivity index (χ3v) is 2.33. The van der Waals surface area contributed by atoms with Crippen LogP contribution in [0.25, 0.3) is 0 Å². The van der Waals surface area contributed by atoms with E-state index in [1.807, 2.05) is 0 Å². The Balaban J connectivity index is 2.37. The van der Waals surface area contributed by atoms with E-state index in [4.69, 9.17) is 9.47 Å². The number of hydrogen-bond donors (Lipinski definition) is 1. The number of esters is 1. The average Bonchev–Trinajstić information content (AvgIpc) is 2.16. The van der Waals surface area contributed by atoms with Crippen molar-refractivity contribution < 1.29 is 19.2 Å². The van der Waals surface area contributed by atoms with Crippen molar-refractivity contribution in [2.24, 2.45) is 0 Å². The number of hydrogen-bond acceptors (Lipinski definition) is 3. The molecule has 0 radical (unpaired) electrons. The number of rotatable bonds is 2. The first-order valence-corrected chi connectivity index (χ1v) is 5.60. The lowest BCUT2D eigenvalue weighted by molar-refractivity contribution is -0.900. The van der Waals surface area contributed by atoms with Gasteiger partial charge in [-0.3, -0.25) is 4.79 Å². The van der Waals surface area contributed by atoms with E-state index in [9.17, 15) is 4.79 Å². The Labute approximate surface area is 96.9 Å². The maximum atomic E-state index is 10.8. The number of morpholine rings is 1. The van der Waals surface area contributed by atoms with Gasteiger partial charge in [-0.2, -0.15) is 0 Å². The summed E-state index contributed by atoms with van der Waals surface area (Å²) in [6.45, 7) is 9.41. The molecule has 0 aliphatic carbocycles. The molecule has 16 heavy (non-hydrogen) atoms. The Bertz CT molecular complexity index is 295. The van der Waals surface area contributed by atoms with Crippen LogP contribution < -0.4 is 4.90 Å². The number of quaternary nitrogens is 1. The van der Waals surface area contributed by atoms with Crippen LogP contribution in [0.5, 0.6) is 0 Å². The van der Waals surface area contributed by atoms with Crippen molar-refractivity contribution in [2.45, 2.75) is 26.4 Å². The average molecular weight is 226 g/mol. The van der Waals surface area contributed by atoms with Gasteiger partial charge in [-0.05, 0) is 19.8 Å². The maximum Gasteiger partial charge on any atom is 0.304 e. The summed E-state index contributed by atoms with van der Waals surface area (Å²) in [5.74, 6) is 5.77. The summed E-state index contributed by atoms with van der Waals surface area (Å²) in [6, 6.07) is 0. The van der Waals surface area contributed by atoms with E-state index in [-0.39, 0.29) is 5.97 Å². The Hall–Kier alpha value is -1.05. The summed E-state index contributed by atoms with van der Waals surface area (Å²) >= 11 is 0. The smallest absolute Gasteiger partial charge is 0.304 e. The Morgan fingerprint density at radius 2 is 2.06 bits per heavy atom. The predicted molar refractivity (Wildman–Crippen MR) is 60.0 cm³/mol. The fourth-order valence-electron chi connectivity index (χ4n) is 1.60. The minimum absolute atomic E-state index is 0.294. The highest BCUT2D eigenvalue weighted by atomic mass is 16.6. The molecule has 0 aromatic carbocycles. The fourth-order valence-corrected chi connectivity index (χ4v) is 1.60. The van der Waals surface area contributed by atoms with Crippen LogP contribution in [-0.4, -0.2) is 44.4 Å². The Morgan fingerprint density at radius 3 is 2.62 bits per heavy atom. The third kappa shape index (κ3) is 5.15. The molecule has 0 amide bonds. The SMILES string of the molecule is CC(=O)OC(C)(C)C#CC[NH+]1CCOCC1. The van der Waals surface area contributed by atoms with Crippen molar-refractivity contribution in [3.63, 3.8) is 0 Å². The van der Waals surface area contributed by atoms with E-state index in [1.54, 1.807) is 13.8 Å². The topological polar surface area (TPSA) is 40.0 Å². The van der Waals surface area contributed by atoms with Gasteiger partial charge in [0.05, 0.1) is 13.2 Å². The first-order chi connectivity index (χ1) is 7.49. The molecule has 90 valence electrons. The molecule has 0 unspecified atom stereocenters. The van der Waals surface area contributed by atoms with Crippen LogP contribution in [0, 0.1) is 11.8 Å². The summed E-state index contributed by atoms with van der Waals surface area (Å²) in [4.78, 5) is 12.2. The van der Waals surface area contributed by atoms with Crippen LogP contribution >= 0.6 is 0 Å². The molecule has 1 heterocycles. The first kappa shape index (κ1) is 13.0. The van der Waals surface area contributed by atoms with Gasteiger partial charge in [0.15, 0.2) is 5.60 Å². The van der Waals surface area contributed by atoms with E-state index >= 15 is 0 Å². The molecule has 1 N–H and O–H groups in total. The van der Waals surface area contributed by atoms with Crippen molar-refractivity contribution in [1.82, 2.24) is 0 Å². The van der Waals surface area contributed by atoms with Crippen LogP contribution in [0.15, 0.2) is 0 Å². The van der Waals surface area contributed by atoms with Gasteiger partial charge in [-0.1, -0.05) is 5.92 Å². The molecule has 1 aliphatic heterocycles. The lowest BCUT2D eigenvalue weighted by Gasteiger charge is -2.22. The maximum absolute atomic E-state index is 10.8. The van der Waals surface area contributed by atoms with Crippen molar-refractivity contribution in [3.8, 4) is 11.8 Å². The zero-order valence-electron chi connectivity index (χ0n) is 10.3. The van der Waals surface area contributed by atoms with Crippen LogP contribution in [0.4, 0.5) is 0 Å². The van der Waals surface area contributed by atoms with Crippen molar-refractivity contribution in [1.29, 1.82) is 0 Å². The molecule has 1 saturated heterocycles. The number of carbonyl (C=O) groups is 1. The second-order valence-corrected chi connectivity index (χ2v) is 4.44. The largest absolute Gasteiger partial charge is 0.447 e. The van der Waals surface area contributed by atoms with E-state index in [0.29, 0.717) is 0 Å². The number of carbonyl (C=O) groups excluding carboxylic acids is 1. The van der Waals surface area contributed by atoms with E-state index in [2.05, 4.69) is 11.8 Å². The van der Waals surface area contributed by atoms with Gasteiger partial charge < -0.3 is 14.4 Å². The van der Waals surface area contributed by atoms with Crippen LogP contribution in [0.2, 0.25) is 0 Å². The zero-order valence-corrected chi connectivity index (χ0v) is 10.3. The minimum atomic E-state index is -0.683. The molecule has 0 bridgehead atoms. The molecule has 0 spiro atoms. The summed E-state index contributed by atoms with van der Waals surface area (Å²) < 4.78 is 10.3. The van der Waals surface area contributed by atoms with Gasteiger partial charge in [0.25, 0.3) is 0 Å². The molecule has 1 fully saturated rings. The van der Waals surface area contributed by atoms with Crippen molar-refractivity contribution >= 4 is 5.97 Å². The summed E-state index contributed by atoms with van der Waals surface area (Å²) in [5.41, 5.74) is -0.683. The highest BCUT2D eigenvalue weighted by Crippen LogP contribution is 2.06. The van der Waals surface area contributed by atoms with Gasteiger partial charge in [0.2, 0.25) is 0 Å². The van der Waals surface area contributed by atoms with E-state index < -0.39 is 5.60 Å². The lowest BCUT2D eigenvalue weighted by Crippen LogP contribution is -3.14. The van der Waals surface area contributed by atoms with Gasteiger partial charge in [0, 0.05) is 6.92 Å². The molecule has 1 aliphatic rings. The Kier molecular flexibility index (Phi) is 4.78. The van der Waals surface area contributed by atoms with Gasteiger partial charge in [-0.15, -0.1) is 0 Å². The number of nitrogens with one attached hydrogen (secondary N) is 1. The quantitative estimate of drug-likeness (QED) is 0.497. The monoisotopic (exact) mass is 226 g/mol. The standard InChI is InChI=1S/C12H19NO3/c1-11(14)16-12(2,3)5-4-6-13-7-9-15-10-8-13/h6-10H2,1-3H3/p+1. The summed E-state index contributed by atoms with van der Waals surface area (Å²) in [5, 5.41) is 0.